The summed E-state index contributed by atoms with van der Waals surface area (Å²) in [4.78, 5) is 10.3. The lowest BCUT2D eigenvalue weighted by molar-refractivity contribution is -0.146. The molecule has 0 bridgehead atoms. The molecule has 0 saturated heterocycles. The molecule has 1 aliphatic rings. The van der Waals surface area contributed by atoms with Crippen LogP contribution in [0.1, 0.15) is 38.5 Å². The standard InChI is InChI=1S/C11H21NO5S/c13-10(11(14)15)6-7-12-18(16,17)8-9-4-2-1-3-5-9/h9-10,12-13H,1-8H2,(H,14,15)/t10-/m0/s1. The Morgan fingerprint density at radius 3 is 2.44 bits per heavy atom. The van der Waals surface area contributed by atoms with Gasteiger partial charge in [-0.25, -0.2) is 17.9 Å². The Morgan fingerprint density at radius 2 is 1.89 bits per heavy atom. The number of hydrogen-bond acceptors (Lipinski definition) is 4. The summed E-state index contributed by atoms with van der Waals surface area (Å²) in [5.41, 5.74) is 0. The highest BCUT2D eigenvalue weighted by atomic mass is 32.2. The molecule has 18 heavy (non-hydrogen) atoms. The van der Waals surface area contributed by atoms with Crippen LogP contribution >= 0.6 is 0 Å². The Kier molecular flexibility index (Phi) is 6.04. The highest BCUT2D eigenvalue weighted by molar-refractivity contribution is 7.89. The van der Waals surface area contributed by atoms with E-state index in [1.165, 1.54) is 6.42 Å². The van der Waals surface area contributed by atoms with Crippen molar-refractivity contribution in [2.45, 2.75) is 44.6 Å². The Labute approximate surface area is 107 Å². The van der Waals surface area contributed by atoms with Crippen LogP contribution in [-0.4, -0.2) is 43.0 Å². The minimum absolute atomic E-state index is 0.0392. The predicted octanol–water partition coefficient (Wildman–Crippen LogP) is 0.322. The molecule has 1 rings (SSSR count). The molecule has 0 amide bonds. The van der Waals surface area contributed by atoms with Crippen LogP contribution in [0.15, 0.2) is 0 Å². The number of nitrogens with one attached hydrogen (secondary N) is 1. The molecule has 1 aliphatic carbocycles. The van der Waals surface area contributed by atoms with Crippen molar-refractivity contribution in [1.82, 2.24) is 4.72 Å². The fraction of sp³-hybridized carbons (Fsp3) is 0.909. The minimum atomic E-state index is -3.36. The molecule has 3 N–H and O–H groups in total. The highest BCUT2D eigenvalue weighted by Crippen LogP contribution is 2.24. The van der Waals surface area contributed by atoms with E-state index < -0.39 is 22.1 Å². The predicted molar refractivity (Wildman–Crippen MR) is 66.6 cm³/mol. The van der Waals surface area contributed by atoms with Crippen LogP contribution in [0, 0.1) is 5.92 Å². The lowest BCUT2D eigenvalue weighted by Crippen LogP contribution is -2.34. The number of hydrogen-bond donors (Lipinski definition) is 3. The smallest absolute Gasteiger partial charge is 0.332 e. The number of aliphatic hydroxyl groups excluding tert-OH is 1. The fourth-order valence-electron chi connectivity index (χ4n) is 2.20. The molecule has 0 unspecified atom stereocenters. The third-order valence-corrected chi connectivity index (χ3v) is 4.76. The van der Waals surface area contributed by atoms with Gasteiger partial charge in [0.2, 0.25) is 10.0 Å². The molecule has 1 saturated carbocycles. The van der Waals surface area contributed by atoms with Crippen molar-refractivity contribution in [3.63, 3.8) is 0 Å². The van der Waals surface area contributed by atoms with Gasteiger partial charge in [-0.15, -0.1) is 0 Å². The van der Waals surface area contributed by atoms with E-state index >= 15 is 0 Å². The van der Waals surface area contributed by atoms with Gasteiger partial charge < -0.3 is 10.2 Å². The van der Waals surface area contributed by atoms with E-state index in [4.69, 9.17) is 10.2 Å². The van der Waals surface area contributed by atoms with E-state index in [0.29, 0.717) is 0 Å². The van der Waals surface area contributed by atoms with Gasteiger partial charge in [-0.2, -0.15) is 0 Å². The second kappa shape index (κ2) is 7.06. The number of carbonyl (C=O) groups is 1. The normalized spacial score (nSPS) is 19.6. The number of aliphatic carboxylic acids is 1. The molecule has 0 heterocycles. The van der Waals surface area contributed by atoms with Crippen LogP contribution in [0.25, 0.3) is 0 Å². The van der Waals surface area contributed by atoms with Gasteiger partial charge in [-0.3, -0.25) is 0 Å². The van der Waals surface area contributed by atoms with E-state index in [2.05, 4.69) is 4.72 Å². The van der Waals surface area contributed by atoms with Crippen molar-refractivity contribution >= 4 is 16.0 Å². The molecule has 106 valence electrons. The molecule has 0 aliphatic heterocycles. The molecule has 0 aromatic heterocycles. The average molecular weight is 279 g/mol. The molecule has 1 atom stereocenters. The van der Waals surface area contributed by atoms with Crippen LogP contribution in [0.4, 0.5) is 0 Å². The molecular weight excluding hydrogens is 258 g/mol. The zero-order valence-electron chi connectivity index (χ0n) is 10.3. The largest absolute Gasteiger partial charge is 0.479 e. The molecule has 1 fully saturated rings. The molecular formula is C11H21NO5S. The number of carboxylic acid groups (broad SMARTS) is 1. The average Bonchev–Trinajstić information content (AvgIpc) is 2.29. The quantitative estimate of drug-likeness (QED) is 0.622. The summed E-state index contributed by atoms with van der Waals surface area (Å²) in [6.45, 7) is -0.0392. The van der Waals surface area contributed by atoms with Crippen LogP contribution < -0.4 is 4.72 Å². The van der Waals surface area contributed by atoms with Gasteiger partial charge in [0.25, 0.3) is 0 Å². The van der Waals surface area contributed by atoms with Crippen molar-refractivity contribution in [3.8, 4) is 0 Å². The number of rotatable bonds is 7. The van der Waals surface area contributed by atoms with Gasteiger partial charge in [0.05, 0.1) is 5.75 Å². The van der Waals surface area contributed by atoms with Crippen LogP contribution in [-0.2, 0) is 14.8 Å². The SMILES string of the molecule is O=C(O)[C@@H](O)CCNS(=O)(=O)CC1CCCCC1. The first-order valence-corrected chi connectivity index (χ1v) is 7.94. The van der Waals surface area contributed by atoms with E-state index in [1.807, 2.05) is 0 Å². The topological polar surface area (TPSA) is 104 Å². The summed E-state index contributed by atoms with van der Waals surface area (Å²) in [5.74, 6) is -1.02. The zero-order valence-corrected chi connectivity index (χ0v) is 11.2. The second-order valence-corrected chi connectivity index (χ2v) is 6.67. The van der Waals surface area contributed by atoms with Gasteiger partial charge in [0, 0.05) is 6.54 Å². The Balaban J connectivity index is 2.28. The van der Waals surface area contributed by atoms with E-state index in [1.54, 1.807) is 0 Å². The molecule has 6 nitrogen and oxygen atoms in total. The molecule has 0 aromatic rings. The van der Waals surface area contributed by atoms with Crippen LogP contribution in [0.2, 0.25) is 0 Å². The maximum Gasteiger partial charge on any atom is 0.332 e. The van der Waals surface area contributed by atoms with Crippen molar-refractivity contribution in [2.24, 2.45) is 5.92 Å². The number of sulfonamides is 1. The van der Waals surface area contributed by atoms with Gasteiger partial charge in [0.1, 0.15) is 0 Å². The van der Waals surface area contributed by atoms with Crippen molar-refractivity contribution in [3.05, 3.63) is 0 Å². The van der Waals surface area contributed by atoms with Gasteiger partial charge in [-0.1, -0.05) is 19.3 Å². The Morgan fingerprint density at radius 1 is 1.28 bits per heavy atom. The van der Waals surface area contributed by atoms with Gasteiger partial charge in [-0.05, 0) is 25.2 Å². The lowest BCUT2D eigenvalue weighted by atomic mass is 9.91. The monoisotopic (exact) mass is 279 g/mol. The summed E-state index contributed by atoms with van der Waals surface area (Å²) in [6.07, 6.45) is 3.60. The van der Waals surface area contributed by atoms with Gasteiger partial charge >= 0.3 is 5.97 Å². The van der Waals surface area contributed by atoms with Crippen LogP contribution in [0.5, 0.6) is 0 Å². The molecule has 7 heteroatoms. The van der Waals surface area contributed by atoms with E-state index in [9.17, 15) is 13.2 Å². The van der Waals surface area contributed by atoms with Crippen LogP contribution in [0.3, 0.4) is 0 Å². The minimum Gasteiger partial charge on any atom is -0.479 e. The summed E-state index contributed by atoms with van der Waals surface area (Å²) in [7, 11) is -3.36. The third-order valence-electron chi connectivity index (χ3n) is 3.20. The first-order chi connectivity index (χ1) is 8.41. The van der Waals surface area contributed by atoms with Crippen molar-refractivity contribution in [1.29, 1.82) is 0 Å². The number of aliphatic hydroxyl groups is 1. The fourth-order valence-corrected chi connectivity index (χ4v) is 3.70. The summed E-state index contributed by atoms with van der Waals surface area (Å²) < 4.78 is 25.8. The Hall–Kier alpha value is -0.660. The van der Waals surface area contributed by atoms with E-state index in [0.717, 1.165) is 25.7 Å². The first kappa shape index (κ1) is 15.4. The lowest BCUT2D eigenvalue weighted by Gasteiger charge is -2.21. The maximum absolute atomic E-state index is 11.7. The van der Waals surface area contributed by atoms with Crippen molar-refractivity contribution < 1.29 is 23.4 Å². The molecule has 0 radical (unpaired) electrons. The maximum atomic E-state index is 11.7. The molecule has 0 spiro atoms. The summed E-state index contributed by atoms with van der Waals surface area (Å²) >= 11 is 0. The van der Waals surface area contributed by atoms with E-state index in [-0.39, 0.29) is 24.6 Å². The number of carboxylic acids is 1. The summed E-state index contributed by atoms with van der Waals surface area (Å²) in [6, 6.07) is 0. The second-order valence-electron chi connectivity index (χ2n) is 4.82. The Bertz CT molecular complexity index is 362. The van der Waals surface area contributed by atoms with Crippen molar-refractivity contribution in [2.75, 3.05) is 12.3 Å². The zero-order chi connectivity index (χ0) is 13.6. The highest BCUT2D eigenvalue weighted by Gasteiger charge is 2.21. The summed E-state index contributed by atoms with van der Waals surface area (Å²) in [5, 5.41) is 17.5. The first-order valence-electron chi connectivity index (χ1n) is 6.29. The third kappa shape index (κ3) is 5.79. The molecule has 0 aromatic carbocycles. The van der Waals surface area contributed by atoms with Gasteiger partial charge in [0.15, 0.2) is 6.10 Å².